The van der Waals surface area contributed by atoms with Crippen molar-refractivity contribution >= 4 is 64.2 Å². The van der Waals surface area contributed by atoms with Crippen LogP contribution < -0.4 is 5.01 Å². The third-order valence-corrected chi connectivity index (χ3v) is 10.7. The summed E-state index contributed by atoms with van der Waals surface area (Å²) in [5.41, 5.74) is -0.839. The Bertz CT molecular complexity index is 1710. The molecular formula is C28H21Cl3F4N4O5. The number of likely N-dealkylation sites (tertiary alicyclic amines) is 1. The summed E-state index contributed by atoms with van der Waals surface area (Å²) < 4.78 is 54.9. The van der Waals surface area contributed by atoms with Crippen molar-refractivity contribution in [2.45, 2.75) is 34.7 Å². The van der Waals surface area contributed by atoms with E-state index < -0.39 is 86.3 Å². The number of phenols is 1. The van der Waals surface area contributed by atoms with Crippen LogP contribution in [0.3, 0.4) is 0 Å². The zero-order valence-corrected chi connectivity index (χ0v) is 25.0. The van der Waals surface area contributed by atoms with Crippen LogP contribution in [0.5, 0.6) is 5.75 Å². The quantitative estimate of drug-likeness (QED) is 0.219. The Hall–Kier alpha value is -3.42. The average molecular weight is 676 g/mol. The highest BCUT2D eigenvalue weighted by Gasteiger charge is 2.76. The van der Waals surface area contributed by atoms with Gasteiger partial charge in [0.1, 0.15) is 5.69 Å². The Labute approximate surface area is 261 Å². The number of hydrogen-bond acceptors (Lipinski definition) is 7. The summed E-state index contributed by atoms with van der Waals surface area (Å²) in [7, 11) is 2.36. The second-order valence-electron chi connectivity index (χ2n) is 11.2. The fourth-order valence-corrected chi connectivity index (χ4v) is 8.26. The summed E-state index contributed by atoms with van der Waals surface area (Å²) in [5.74, 6) is -9.91. The second kappa shape index (κ2) is 9.79. The van der Waals surface area contributed by atoms with Gasteiger partial charge in [-0.05, 0) is 48.6 Å². The first-order valence-electron chi connectivity index (χ1n) is 13.2. The van der Waals surface area contributed by atoms with Crippen molar-refractivity contribution in [1.82, 2.24) is 14.9 Å². The highest BCUT2D eigenvalue weighted by Crippen LogP contribution is 2.65. The van der Waals surface area contributed by atoms with Gasteiger partial charge >= 0.3 is 6.18 Å². The van der Waals surface area contributed by atoms with Gasteiger partial charge in [-0.25, -0.2) is 9.37 Å². The maximum Gasteiger partial charge on any atom is 0.433 e. The van der Waals surface area contributed by atoms with Gasteiger partial charge in [0, 0.05) is 20.0 Å². The minimum atomic E-state index is -4.84. The minimum Gasteiger partial charge on any atom is -0.505 e. The highest BCUT2D eigenvalue weighted by atomic mass is 35.5. The molecule has 0 radical (unpaired) electrons. The number of amides is 4. The van der Waals surface area contributed by atoms with E-state index in [1.807, 2.05) is 0 Å². The lowest BCUT2D eigenvalue weighted by atomic mass is 9.56. The average Bonchev–Trinajstić information content (AvgIpc) is 3.28. The Morgan fingerprint density at radius 2 is 1.73 bits per heavy atom. The van der Waals surface area contributed by atoms with Gasteiger partial charge in [-0.2, -0.15) is 18.2 Å². The first-order chi connectivity index (χ1) is 20.4. The lowest BCUT2D eigenvalue weighted by Gasteiger charge is -2.50. The molecule has 1 N–H and O–H groups in total. The molecule has 1 saturated carbocycles. The van der Waals surface area contributed by atoms with E-state index in [-0.39, 0.29) is 23.4 Å². The summed E-state index contributed by atoms with van der Waals surface area (Å²) in [4.78, 5) is 54.8. The van der Waals surface area contributed by atoms with E-state index in [1.54, 1.807) is 6.08 Å². The molecule has 16 heteroatoms. The summed E-state index contributed by atoms with van der Waals surface area (Å²) in [6.45, 7) is 0. The number of nitrogens with zero attached hydrogens (tertiary/aromatic N) is 4. The number of carbonyl (C=O) groups is 4. The fraction of sp³-hybridized carbons (Fsp3) is 0.393. The molecule has 6 rings (SSSR count). The number of imide groups is 2. The number of hydrazine groups is 1. The largest absolute Gasteiger partial charge is 0.505 e. The summed E-state index contributed by atoms with van der Waals surface area (Å²) in [6.07, 6.45) is -3.64. The van der Waals surface area contributed by atoms with Crippen molar-refractivity contribution in [3.8, 4) is 5.75 Å². The van der Waals surface area contributed by atoms with E-state index in [2.05, 4.69) is 4.98 Å². The van der Waals surface area contributed by atoms with Gasteiger partial charge in [-0.3, -0.25) is 29.1 Å². The molecule has 1 aromatic heterocycles. The van der Waals surface area contributed by atoms with Crippen LogP contribution in [-0.4, -0.2) is 67.5 Å². The molecule has 3 fully saturated rings. The van der Waals surface area contributed by atoms with E-state index in [0.717, 1.165) is 28.1 Å². The predicted molar refractivity (Wildman–Crippen MR) is 148 cm³/mol. The van der Waals surface area contributed by atoms with E-state index >= 15 is 0 Å². The van der Waals surface area contributed by atoms with Crippen LogP contribution in [0.4, 0.5) is 23.4 Å². The van der Waals surface area contributed by atoms with Gasteiger partial charge in [0.05, 0.1) is 16.9 Å². The number of fused-ring (bicyclic) bond motifs is 4. The normalized spacial score (nSPS) is 31.6. The van der Waals surface area contributed by atoms with Crippen LogP contribution in [-0.2, 0) is 25.4 Å². The highest BCUT2D eigenvalue weighted by molar-refractivity contribution is 6.53. The minimum absolute atomic E-state index is 0.0491. The van der Waals surface area contributed by atoms with E-state index in [9.17, 15) is 41.8 Å². The van der Waals surface area contributed by atoms with Gasteiger partial charge < -0.3 is 5.11 Å². The van der Waals surface area contributed by atoms with Crippen molar-refractivity contribution in [3.05, 3.63) is 64.1 Å². The first kappa shape index (κ1) is 30.6. The Morgan fingerprint density at radius 3 is 2.36 bits per heavy atom. The van der Waals surface area contributed by atoms with Crippen LogP contribution in [0, 0.1) is 23.6 Å². The molecule has 6 unspecified atom stereocenters. The standard InChI is InChI=1S/C28H21Cl3F4N4O5/c1-37-24(43)26(30)10-14-12(20(27(26,31)25(37)44)11-3-7-17(40)16(32)9-11)4-5-13-19(14)23(42)39(22(13)41)38(2)21-15(29)6-8-18(36-21)28(33,34)35/h3-4,6-9,13-14,19-20,40H,5,10H2,1-2H3. The first-order valence-corrected chi connectivity index (χ1v) is 14.3. The Kier molecular flexibility index (Phi) is 6.81. The molecule has 6 atom stereocenters. The molecule has 3 heterocycles. The Morgan fingerprint density at radius 1 is 1.05 bits per heavy atom. The number of pyridine rings is 1. The van der Waals surface area contributed by atoms with Crippen LogP contribution in [0.2, 0.25) is 5.02 Å². The number of aromatic nitrogens is 1. The number of alkyl halides is 5. The molecule has 1 aromatic carbocycles. The topological polar surface area (TPSA) is 111 Å². The van der Waals surface area contributed by atoms with Gasteiger partial charge in [0.15, 0.2) is 27.1 Å². The van der Waals surface area contributed by atoms with Crippen molar-refractivity contribution in [2.24, 2.45) is 17.8 Å². The van der Waals surface area contributed by atoms with E-state index in [0.29, 0.717) is 16.6 Å². The molecule has 0 bridgehead atoms. The molecule has 2 aromatic rings. The summed E-state index contributed by atoms with van der Waals surface area (Å²) >= 11 is 20.2. The summed E-state index contributed by atoms with van der Waals surface area (Å²) in [6, 6.07) is 4.93. The van der Waals surface area contributed by atoms with Crippen LogP contribution in [0.15, 0.2) is 42.0 Å². The van der Waals surface area contributed by atoms with Gasteiger partial charge in [-0.15, -0.1) is 23.2 Å². The number of rotatable bonds is 3. The molecule has 2 aliphatic carbocycles. The number of allylic oxidation sites excluding steroid dienone is 2. The monoisotopic (exact) mass is 674 g/mol. The smallest absolute Gasteiger partial charge is 0.433 e. The SMILES string of the molecule is CN1C(=O)C2(Cl)CC3C(=CCC4C(=O)N(N(C)c5nc(C(F)(F)F)ccc5Cl)C(=O)C43)C(c3ccc(O)c(F)c3)C2(Cl)C1=O. The number of benzene rings is 1. The number of halogens is 7. The molecule has 44 heavy (non-hydrogen) atoms. The number of carbonyl (C=O) groups excluding carboxylic acids is 4. The molecule has 4 aliphatic rings. The van der Waals surface area contributed by atoms with Crippen molar-refractivity contribution in [2.75, 3.05) is 19.1 Å². The zero-order chi connectivity index (χ0) is 32.3. The molecule has 2 aliphatic heterocycles. The predicted octanol–water partition coefficient (Wildman–Crippen LogP) is 4.64. The lowest BCUT2D eigenvalue weighted by molar-refractivity contribution is -0.141. The number of aromatic hydroxyl groups is 1. The van der Waals surface area contributed by atoms with Crippen molar-refractivity contribution in [1.29, 1.82) is 0 Å². The molecule has 2 saturated heterocycles. The maximum absolute atomic E-state index is 14.6. The van der Waals surface area contributed by atoms with Gasteiger partial charge in [0.2, 0.25) is 0 Å². The molecule has 0 spiro atoms. The van der Waals surface area contributed by atoms with Gasteiger partial charge in [-0.1, -0.05) is 29.3 Å². The molecule has 232 valence electrons. The third kappa shape index (κ3) is 3.94. The second-order valence-corrected chi connectivity index (χ2v) is 12.9. The third-order valence-electron chi connectivity index (χ3n) is 9.02. The van der Waals surface area contributed by atoms with E-state index in [4.69, 9.17) is 34.8 Å². The number of phenolic OH excluding ortho intramolecular Hbond substituents is 1. The van der Waals surface area contributed by atoms with Crippen molar-refractivity contribution in [3.63, 3.8) is 0 Å². The van der Waals surface area contributed by atoms with E-state index in [1.165, 1.54) is 20.2 Å². The number of hydrogen-bond donors (Lipinski definition) is 1. The molecular weight excluding hydrogens is 655 g/mol. The fourth-order valence-electron chi connectivity index (χ4n) is 7.01. The molecule has 4 amide bonds. The van der Waals surface area contributed by atoms with Crippen LogP contribution >= 0.6 is 34.8 Å². The molecule has 9 nitrogen and oxygen atoms in total. The van der Waals surface area contributed by atoms with Crippen molar-refractivity contribution < 1.29 is 41.8 Å². The maximum atomic E-state index is 14.6. The Balaban J connectivity index is 1.46. The zero-order valence-electron chi connectivity index (χ0n) is 22.7. The van der Waals surface area contributed by atoms with Gasteiger partial charge in [0.25, 0.3) is 23.6 Å². The van der Waals surface area contributed by atoms with Crippen LogP contribution in [0.1, 0.15) is 30.0 Å². The van der Waals surface area contributed by atoms with Crippen LogP contribution in [0.25, 0.3) is 0 Å². The summed E-state index contributed by atoms with van der Waals surface area (Å²) in [5, 5.41) is 11.1. The lowest BCUT2D eigenvalue weighted by Crippen LogP contribution is -2.60. The number of anilines is 1.